The Morgan fingerprint density at radius 3 is 1.25 bits per heavy atom. The van der Waals surface area contributed by atoms with Crippen LogP contribution in [0.5, 0.6) is 11.5 Å². The summed E-state index contributed by atoms with van der Waals surface area (Å²) in [7, 11) is 0. The van der Waals surface area contributed by atoms with Gasteiger partial charge in [0.1, 0.15) is 72.5 Å². The Kier molecular flexibility index (Phi) is 43.7. The largest absolute Gasteiger partial charge is 0.508 e. The second-order valence-electron chi connectivity index (χ2n) is 26.5. The molecule has 44 nitrogen and oxygen atoms in total. The van der Waals surface area contributed by atoms with Crippen molar-refractivity contribution in [3.8, 4) is 11.5 Å². The smallest absolute Gasteiger partial charge is 0.305 e. The molecule has 28 N–H and O–H groups in total. The number of carbonyl (C=O) groups is 16. The highest BCUT2D eigenvalue weighted by Gasteiger charge is 2.36. The predicted octanol–water partition coefficient (Wildman–Crippen LogP) is -8.66. The van der Waals surface area contributed by atoms with E-state index in [0.717, 1.165) is 0 Å². The number of rotatable bonds is 44. The highest BCUT2D eigenvalue weighted by Crippen LogP contribution is 2.16. The van der Waals surface area contributed by atoms with E-state index in [9.17, 15) is 97.1 Å². The quantitative estimate of drug-likeness (QED) is 0.0127. The highest BCUT2D eigenvalue weighted by molar-refractivity contribution is 7.80. The van der Waals surface area contributed by atoms with Crippen molar-refractivity contribution in [3.63, 3.8) is 0 Å². The first kappa shape index (κ1) is 95.7. The van der Waals surface area contributed by atoms with Crippen molar-refractivity contribution in [2.24, 2.45) is 38.7 Å². The molecule has 2 aromatic rings. The third-order valence-electron chi connectivity index (χ3n) is 17.2. The van der Waals surface area contributed by atoms with Gasteiger partial charge in [0.25, 0.3) is 0 Å². The summed E-state index contributed by atoms with van der Waals surface area (Å²) in [6.45, 7) is -1.81. The third kappa shape index (κ3) is 39.5. The van der Waals surface area contributed by atoms with Gasteiger partial charge in [-0.25, -0.2) is 0 Å². The van der Waals surface area contributed by atoms with Crippen LogP contribution in [0.25, 0.3) is 0 Å². The van der Waals surface area contributed by atoms with Crippen molar-refractivity contribution in [2.75, 3.05) is 91.2 Å². The number of carboxylic acid groups (broad SMARTS) is 2. The number of carbonyl (C=O) groups excluding carboxylic acids is 14. The molecular weight excluding hydrogens is 1530 g/mol. The summed E-state index contributed by atoms with van der Waals surface area (Å²) in [5.74, 6) is -16.0. The van der Waals surface area contributed by atoms with Gasteiger partial charge in [-0.2, -0.15) is 12.6 Å². The summed E-state index contributed by atoms with van der Waals surface area (Å²) < 4.78 is 16.4. The fourth-order valence-corrected chi connectivity index (χ4v) is 11.3. The third-order valence-corrected chi connectivity index (χ3v) is 17.6. The molecule has 2 aliphatic heterocycles. The van der Waals surface area contributed by atoms with Crippen LogP contribution < -0.4 is 103 Å². The minimum absolute atomic E-state index is 0.000969. The van der Waals surface area contributed by atoms with Gasteiger partial charge < -0.3 is 138 Å². The lowest BCUT2D eigenvalue weighted by Crippen LogP contribution is -2.58. The molecule has 115 heavy (non-hydrogen) atoms. The molecule has 0 saturated carbocycles. The van der Waals surface area contributed by atoms with Gasteiger partial charge in [-0.05, 0) is 106 Å². The molecule has 0 radical (unpaired) electrons. The molecule has 0 bridgehead atoms. The van der Waals surface area contributed by atoms with Crippen LogP contribution in [0.2, 0.25) is 0 Å². The number of aliphatic imine (C=N–C) groups is 2. The standard InChI is InChI=1S/C70H107N21O23S/c71-43(38-115)59(102)78-25-26-112-27-28-113-29-30-114-37-56(97)83-48(60(103)77-22-4-2-8-47-64(107)87-45(10-6-24-80-70(74)75)62(105)82-36-55(96)85-52(34-58(100)101)68(111)91-50(66(109)89-47)32-40-13-17-42(93)18-14-40)19-20-53(94)76-21-3-1-7-46-63(106)86-44(9-5-23-79-69(72)73)61(104)81-35-54(95)84-51(33-57(98)99)67(110)90-49(65(108)88-46)31-39-11-15-41(92)16-12-39/h11-18,43-52,92-93,115H,1-10,19-38,71H2,(H,76,94)(H,77,103)(H,78,102)(H,81,104)(H,82,105)(H,83,97)(H,84,95)(H,85,96)(H,86,106)(H,87,107)(H,88,108)(H,89,109)(H,90,110)(H,91,111)(H,98,99)(H,100,101)(H4,72,73,79)(H4,74,75,80)/t43-,44-,45-,46-,47-,48?,49+,50+,51-,52-/m0/s1. The van der Waals surface area contributed by atoms with E-state index in [1.807, 2.05) is 0 Å². The van der Waals surface area contributed by atoms with Crippen LogP contribution in [0.15, 0.2) is 58.5 Å². The van der Waals surface area contributed by atoms with Gasteiger partial charge in [0, 0.05) is 57.7 Å². The van der Waals surface area contributed by atoms with Crippen molar-refractivity contribution in [2.45, 2.75) is 163 Å². The number of ether oxygens (including phenoxy) is 3. The first-order valence-corrected chi connectivity index (χ1v) is 37.7. The number of aliphatic carboxylic acids is 2. The van der Waals surface area contributed by atoms with Crippen molar-refractivity contribution in [3.05, 3.63) is 59.7 Å². The Labute approximate surface area is 666 Å². The Hall–Kier alpha value is -11.7. The summed E-state index contributed by atoms with van der Waals surface area (Å²) >= 11 is 3.99. The zero-order valence-corrected chi connectivity index (χ0v) is 64.3. The second kappa shape index (κ2) is 52.6. The van der Waals surface area contributed by atoms with Crippen LogP contribution in [0, 0.1) is 0 Å². The number of guanidine groups is 2. The molecule has 0 spiro atoms. The topological polar surface area (TPSA) is 705 Å². The van der Waals surface area contributed by atoms with Crippen molar-refractivity contribution in [1.82, 2.24) is 74.4 Å². The molecule has 0 aromatic heterocycles. The normalized spacial score (nSPS) is 19.9. The zero-order chi connectivity index (χ0) is 84.8. The van der Waals surface area contributed by atoms with Gasteiger partial charge in [-0.15, -0.1) is 0 Å². The molecule has 1 unspecified atom stereocenters. The monoisotopic (exact) mass is 1640 g/mol. The number of phenols is 2. The summed E-state index contributed by atoms with van der Waals surface area (Å²) in [6.07, 6.45) is -3.23. The van der Waals surface area contributed by atoms with Crippen LogP contribution in [-0.4, -0.2) is 279 Å². The van der Waals surface area contributed by atoms with E-state index in [1.54, 1.807) is 0 Å². The Morgan fingerprint density at radius 2 is 0.826 bits per heavy atom. The summed E-state index contributed by atoms with van der Waals surface area (Å²) in [4.78, 5) is 223. The average Bonchev–Trinajstić information content (AvgIpc) is 1.72. The maximum atomic E-state index is 14.4. The molecule has 2 aliphatic rings. The SMILES string of the molecule is NC(N)=NCCC[C@@H]1NC(=O)[C@H](CCCCNC(=O)CCC(NC(=O)COCCOCCOCCNC(=O)[C@@H](N)CS)C(=O)NCCCC[C@@H]2NC(=O)[C@@H](Cc3ccc(O)cc3)NC(=O)[C@H](CC(=O)O)NC(=O)CNC(=O)[C@H](CCCN=C(N)N)NC2=O)NC(=O)[C@@H](Cc2ccc(O)cc2)NC(=O)[C@H](CC(=O)O)NC(=O)CNC1=O. The van der Waals surface area contributed by atoms with Crippen molar-refractivity contribution in [1.29, 1.82) is 0 Å². The molecule has 10 atom stereocenters. The van der Waals surface area contributed by atoms with Crippen LogP contribution in [0.4, 0.5) is 0 Å². The minimum atomic E-state index is -1.77. The molecule has 0 aliphatic carbocycles. The fraction of sp³-hybridized carbons (Fsp3) is 0.571. The van der Waals surface area contributed by atoms with Crippen molar-refractivity contribution >= 4 is 119 Å². The van der Waals surface area contributed by atoms with Crippen LogP contribution in [0.1, 0.15) is 101 Å². The molecule has 2 heterocycles. The van der Waals surface area contributed by atoms with E-state index < -0.39 is 182 Å². The van der Waals surface area contributed by atoms with Gasteiger partial charge >= 0.3 is 11.9 Å². The minimum Gasteiger partial charge on any atom is -0.508 e. The van der Waals surface area contributed by atoms with Crippen LogP contribution in [0.3, 0.4) is 0 Å². The molecule has 2 aromatic carbocycles. The summed E-state index contributed by atoms with van der Waals surface area (Å²) in [5.41, 5.74) is 28.3. The van der Waals surface area contributed by atoms with Crippen LogP contribution in [-0.2, 0) is 104 Å². The lowest BCUT2D eigenvalue weighted by molar-refractivity contribution is -0.141. The fourth-order valence-electron chi connectivity index (χ4n) is 11.2. The molecule has 636 valence electrons. The first-order chi connectivity index (χ1) is 54.8. The zero-order valence-electron chi connectivity index (χ0n) is 63.4. The van der Waals surface area contributed by atoms with Gasteiger partial charge in [0.2, 0.25) is 82.7 Å². The maximum Gasteiger partial charge on any atom is 0.305 e. The molecule has 2 fully saturated rings. The number of carboxylic acids is 2. The second-order valence-corrected chi connectivity index (χ2v) is 26.9. The maximum absolute atomic E-state index is 14.4. The van der Waals surface area contributed by atoms with E-state index >= 15 is 0 Å². The number of nitrogens with one attached hydrogen (secondary N) is 14. The molecule has 14 amide bonds. The number of thiol groups is 1. The number of hydrogen-bond acceptors (Lipinski definition) is 25. The van der Waals surface area contributed by atoms with E-state index in [1.165, 1.54) is 48.5 Å². The average molecular weight is 1640 g/mol. The number of aromatic hydroxyl groups is 2. The highest BCUT2D eigenvalue weighted by atomic mass is 32.1. The molecule has 2 saturated heterocycles. The van der Waals surface area contributed by atoms with E-state index in [2.05, 4.69) is 97.0 Å². The Bertz CT molecular complexity index is 3670. The van der Waals surface area contributed by atoms with E-state index in [-0.39, 0.29) is 191 Å². The number of nitrogens with zero attached hydrogens (tertiary/aromatic N) is 2. The number of phenolic OH excluding ortho intramolecular Hbond substituents is 2. The van der Waals surface area contributed by atoms with Gasteiger partial charge in [-0.1, -0.05) is 24.3 Å². The van der Waals surface area contributed by atoms with Gasteiger partial charge in [0.05, 0.1) is 65.0 Å². The lowest BCUT2D eigenvalue weighted by atomic mass is 10.0. The van der Waals surface area contributed by atoms with Gasteiger partial charge in [0.15, 0.2) is 11.9 Å². The summed E-state index contributed by atoms with van der Waals surface area (Å²) in [5, 5.41) is 74.4. The van der Waals surface area contributed by atoms with Crippen molar-refractivity contribution < 1.29 is 111 Å². The molecule has 45 heteroatoms. The Balaban J connectivity index is 1.54. The number of amides is 14. The number of unbranched alkanes of at least 4 members (excludes halogenated alkanes) is 2. The lowest BCUT2D eigenvalue weighted by Gasteiger charge is -2.26. The van der Waals surface area contributed by atoms with Crippen LogP contribution >= 0.6 is 12.6 Å². The van der Waals surface area contributed by atoms with E-state index in [4.69, 9.17) is 42.9 Å². The van der Waals surface area contributed by atoms with E-state index in [0.29, 0.717) is 11.1 Å². The number of nitrogens with two attached hydrogens (primary N) is 5. The number of hydrogen-bond donors (Lipinski definition) is 24. The molecule has 4 rings (SSSR count). The summed E-state index contributed by atoms with van der Waals surface area (Å²) in [6, 6.07) is -3.55. The Morgan fingerprint density at radius 1 is 0.452 bits per heavy atom. The number of benzene rings is 2. The predicted molar refractivity (Wildman–Crippen MR) is 412 cm³/mol. The molecular formula is C70H107N21O23S. The first-order valence-electron chi connectivity index (χ1n) is 37.1. The van der Waals surface area contributed by atoms with Gasteiger partial charge in [-0.3, -0.25) is 86.7 Å².